The van der Waals surface area contributed by atoms with Crippen LogP contribution in [0.25, 0.3) is 10.2 Å². The number of ether oxygens (including phenoxy) is 1. The van der Waals surface area contributed by atoms with E-state index >= 15 is 0 Å². The number of amides is 2. The van der Waals surface area contributed by atoms with Crippen molar-refractivity contribution in [3.63, 3.8) is 0 Å². The molecule has 0 unspecified atom stereocenters. The quantitative estimate of drug-likeness (QED) is 0.699. The molecule has 27 heavy (non-hydrogen) atoms. The number of nitrogens with zero attached hydrogens (tertiary/aromatic N) is 3. The number of aryl methyl sites for hydroxylation is 1. The number of carbonyl (C=O) groups is 2. The van der Waals surface area contributed by atoms with Gasteiger partial charge in [-0.2, -0.15) is 0 Å². The van der Waals surface area contributed by atoms with Crippen LogP contribution in [0.15, 0.2) is 24.5 Å². The minimum Gasteiger partial charge on any atom is -0.477 e. The summed E-state index contributed by atoms with van der Waals surface area (Å²) in [6, 6.07) is 3.02. The number of carboxylic acids is 1. The lowest BCUT2D eigenvalue weighted by atomic mass is 10.1. The molecule has 3 aromatic heterocycles. The highest BCUT2D eigenvalue weighted by atomic mass is 32.1. The highest BCUT2D eigenvalue weighted by Gasteiger charge is 2.33. The summed E-state index contributed by atoms with van der Waals surface area (Å²) >= 11 is 1.04. The van der Waals surface area contributed by atoms with Gasteiger partial charge in [0.1, 0.15) is 9.71 Å². The first-order chi connectivity index (χ1) is 12.9. The van der Waals surface area contributed by atoms with E-state index in [1.54, 1.807) is 24.5 Å². The molecule has 0 bridgehead atoms. The molecule has 0 radical (unpaired) electrons. The minimum atomic E-state index is -1.10. The molecule has 0 saturated carbocycles. The summed E-state index contributed by atoms with van der Waals surface area (Å²) in [5.74, 6) is -0.617. The second-order valence-electron chi connectivity index (χ2n) is 6.36. The minimum absolute atomic E-state index is 0.0105. The number of thiophene rings is 1. The summed E-state index contributed by atoms with van der Waals surface area (Å²) in [6.07, 6.45) is 3.13. The van der Waals surface area contributed by atoms with E-state index in [0.717, 1.165) is 16.9 Å². The molecule has 4 heterocycles. The summed E-state index contributed by atoms with van der Waals surface area (Å²) in [5, 5.41) is 12.7. The van der Waals surface area contributed by atoms with E-state index in [2.05, 4.69) is 15.3 Å². The monoisotopic (exact) mass is 384 g/mol. The van der Waals surface area contributed by atoms with Crippen molar-refractivity contribution in [1.82, 2.24) is 9.97 Å². The lowest BCUT2D eigenvalue weighted by Crippen LogP contribution is -2.34. The summed E-state index contributed by atoms with van der Waals surface area (Å²) in [7, 11) is 0. The van der Waals surface area contributed by atoms with Gasteiger partial charge in [-0.15, -0.1) is 11.3 Å². The number of aromatic nitrogens is 2. The average molecular weight is 384 g/mol. The van der Waals surface area contributed by atoms with Crippen LogP contribution < -0.4 is 15.0 Å². The first-order valence-electron chi connectivity index (χ1n) is 8.26. The van der Waals surface area contributed by atoms with Gasteiger partial charge in [0, 0.05) is 12.3 Å². The second-order valence-corrected chi connectivity index (χ2v) is 7.36. The van der Waals surface area contributed by atoms with Crippen LogP contribution in [0.1, 0.15) is 29.1 Å². The fourth-order valence-electron chi connectivity index (χ4n) is 3.04. The van der Waals surface area contributed by atoms with Crippen molar-refractivity contribution in [2.45, 2.75) is 26.9 Å². The van der Waals surface area contributed by atoms with Gasteiger partial charge in [-0.05, 0) is 32.4 Å². The van der Waals surface area contributed by atoms with Crippen molar-refractivity contribution < 1.29 is 19.4 Å². The van der Waals surface area contributed by atoms with Gasteiger partial charge in [-0.25, -0.2) is 19.6 Å². The molecule has 0 atom stereocenters. The van der Waals surface area contributed by atoms with Gasteiger partial charge in [0.05, 0.1) is 34.7 Å². The normalized spacial score (nSPS) is 13.2. The van der Waals surface area contributed by atoms with Crippen molar-refractivity contribution >= 4 is 50.6 Å². The van der Waals surface area contributed by atoms with Gasteiger partial charge in [0.15, 0.2) is 0 Å². The fourth-order valence-corrected chi connectivity index (χ4v) is 4.00. The Morgan fingerprint density at radius 2 is 2.11 bits per heavy atom. The molecule has 9 heteroatoms. The lowest BCUT2D eigenvalue weighted by molar-refractivity contribution is 0.0703. The molecule has 4 rings (SSSR count). The topological polar surface area (TPSA) is 105 Å². The summed E-state index contributed by atoms with van der Waals surface area (Å²) in [5.41, 5.74) is 2.25. The van der Waals surface area contributed by atoms with Crippen LogP contribution in [0.4, 0.5) is 21.9 Å². The zero-order chi connectivity index (χ0) is 19.3. The summed E-state index contributed by atoms with van der Waals surface area (Å²) in [6.45, 7) is 5.69. The number of nitrogens with one attached hydrogen (secondary N) is 1. The third kappa shape index (κ3) is 2.76. The Bertz CT molecular complexity index is 1090. The number of urea groups is 1. The molecule has 2 N–H and O–H groups in total. The Morgan fingerprint density at radius 1 is 1.33 bits per heavy atom. The molecule has 2 amide bonds. The maximum atomic E-state index is 12.8. The Balaban J connectivity index is 1.88. The molecular formula is C18H16N4O4S. The first-order valence-corrected chi connectivity index (χ1v) is 9.07. The number of anilines is 3. The molecule has 0 saturated heterocycles. The number of hydrogen-bond acceptors (Lipinski definition) is 6. The van der Waals surface area contributed by atoms with Crippen LogP contribution in [0.3, 0.4) is 0 Å². The zero-order valence-electron chi connectivity index (χ0n) is 14.8. The van der Waals surface area contributed by atoms with Gasteiger partial charge in [0.25, 0.3) is 0 Å². The molecular weight excluding hydrogens is 368 g/mol. The van der Waals surface area contributed by atoms with Crippen LogP contribution >= 0.6 is 11.3 Å². The van der Waals surface area contributed by atoms with E-state index in [-0.39, 0.29) is 16.7 Å². The van der Waals surface area contributed by atoms with Crippen molar-refractivity contribution in [2.75, 3.05) is 10.2 Å². The van der Waals surface area contributed by atoms with E-state index in [1.165, 1.54) is 4.90 Å². The number of carbonyl (C=O) groups excluding carboxylic acids is 1. The van der Waals surface area contributed by atoms with Crippen LogP contribution in [-0.4, -0.2) is 33.2 Å². The Hall–Kier alpha value is -3.20. The number of rotatable bonds is 4. The average Bonchev–Trinajstić information content (AvgIpc) is 2.96. The Kier molecular flexibility index (Phi) is 3.96. The first kappa shape index (κ1) is 17.2. The van der Waals surface area contributed by atoms with Crippen LogP contribution in [0, 0.1) is 6.92 Å². The standard InChI is InChI=1S/C18H16N4O4S/c1-8(2)26-12-6-9(3)11(7-20-12)22-10-4-5-19-16-13(10)14(21-18(22)25)15(27-16)17(23)24/h4-8H,1-3H3,(H,21,25)(H,23,24). The molecule has 0 fully saturated rings. The number of aromatic carboxylic acids is 1. The highest BCUT2D eigenvalue weighted by molar-refractivity contribution is 7.21. The van der Waals surface area contributed by atoms with E-state index in [1.807, 2.05) is 20.8 Å². The van der Waals surface area contributed by atoms with Gasteiger partial charge >= 0.3 is 12.0 Å². The number of pyridine rings is 2. The van der Waals surface area contributed by atoms with Gasteiger partial charge in [-0.1, -0.05) is 0 Å². The third-order valence-corrected chi connectivity index (χ3v) is 5.18. The summed E-state index contributed by atoms with van der Waals surface area (Å²) < 4.78 is 5.60. The molecule has 0 aromatic carbocycles. The molecule has 1 aliphatic rings. The predicted octanol–water partition coefficient (Wildman–Crippen LogP) is 4.17. The van der Waals surface area contributed by atoms with Crippen LogP contribution in [-0.2, 0) is 0 Å². The maximum absolute atomic E-state index is 12.8. The van der Waals surface area contributed by atoms with Gasteiger partial charge < -0.3 is 15.2 Å². The molecule has 138 valence electrons. The van der Waals surface area contributed by atoms with E-state index < -0.39 is 12.0 Å². The SMILES string of the molecule is Cc1cc(OC(C)C)ncc1N1C(=O)Nc2c(C(=O)O)sc3nccc1c23. The molecule has 3 aromatic rings. The van der Waals surface area contributed by atoms with Crippen LogP contribution in [0.5, 0.6) is 5.88 Å². The largest absolute Gasteiger partial charge is 0.477 e. The molecule has 1 aliphatic heterocycles. The number of carboxylic acid groups (broad SMARTS) is 1. The fraction of sp³-hybridized carbons (Fsp3) is 0.222. The Labute approximate surface area is 158 Å². The maximum Gasteiger partial charge on any atom is 0.348 e. The van der Waals surface area contributed by atoms with Crippen LogP contribution in [0.2, 0.25) is 0 Å². The number of hydrogen-bond donors (Lipinski definition) is 2. The molecule has 0 aliphatic carbocycles. The molecule has 8 nitrogen and oxygen atoms in total. The van der Waals surface area contributed by atoms with Crippen molar-refractivity contribution in [1.29, 1.82) is 0 Å². The van der Waals surface area contributed by atoms with Gasteiger partial charge in [0.2, 0.25) is 5.88 Å². The third-order valence-electron chi connectivity index (χ3n) is 4.10. The Morgan fingerprint density at radius 3 is 2.78 bits per heavy atom. The van der Waals surface area contributed by atoms with E-state index in [9.17, 15) is 14.7 Å². The zero-order valence-corrected chi connectivity index (χ0v) is 15.6. The van der Waals surface area contributed by atoms with Crippen molar-refractivity contribution in [3.8, 4) is 5.88 Å². The summed E-state index contributed by atoms with van der Waals surface area (Å²) in [4.78, 5) is 35.0. The van der Waals surface area contributed by atoms with Crippen molar-refractivity contribution in [3.05, 3.63) is 35.0 Å². The lowest BCUT2D eigenvalue weighted by Gasteiger charge is -2.29. The second kappa shape index (κ2) is 6.20. The van der Waals surface area contributed by atoms with E-state index in [4.69, 9.17) is 4.74 Å². The van der Waals surface area contributed by atoms with Gasteiger partial charge in [-0.3, -0.25) is 4.90 Å². The van der Waals surface area contributed by atoms with E-state index in [0.29, 0.717) is 27.5 Å². The predicted molar refractivity (Wildman–Crippen MR) is 102 cm³/mol. The highest BCUT2D eigenvalue weighted by Crippen LogP contribution is 2.46. The molecule has 0 spiro atoms. The van der Waals surface area contributed by atoms with Crippen molar-refractivity contribution in [2.24, 2.45) is 0 Å². The smallest absolute Gasteiger partial charge is 0.348 e.